The van der Waals surface area contributed by atoms with Crippen LogP contribution in [0.25, 0.3) is 0 Å². The fourth-order valence-corrected chi connectivity index (χ4v) is 3.95. The minimum atomic E-state index is -0.128. The molecular weight excluding hydrogens is 378 g/mol. The first-order valence-corrected chi connectivity index (χ1v) is 10.7. The number of carbonyl (C=O) groups excluding carboxylic acids is 2. The molecule has 0 aliphatic carbocycles. The average Bonchev–Trinajstić information content (AvgIpc) is 3.03. The molecule has 1 fully saturated rings. The fourth-order valence-electron chi connectivity index (χ4n) is 3.95. The van der Waals surface area contributed by atoms with Crippen LogP contribution in [0.4, 0.5) is 5.69 Å². The van der Waals surface area contributed by atoms with Gasteiger partial charge in [0.1, 0.15) is 0 Å². The lowest BCUT2D eigenvalue weighted by Gasteiger charge is -2.28. The van der Waals surface area contributed by atoms with Crippen molar-refractivity contribution in [1.29, 1.82) is 0 Å². The van der Waals surface area contributed by atoms with Crippen LogP contribution < -0.4 is 10.6 Å². The van der Waals surface area contributed by atoms with Gasteiger partial charge in [0, 0.05) is 36.6 Å². The molecule has 0 saturated carbocycles. The minimum absolute atomic E-state index is 0.00461. The molecule has 1 atom stereocenters. The highest BCUT2D eigenvalue weighted by Gasteiger charge is 2.24. The Morgan fingerprint density at radius 1 is 1.20 bits per heavy atom. The van der Waals surface area contributed by atoms with Crippen LogP contribution in [-0.2, 0) is 11.3 Å². The summed E-state index contributed by atoms with van der Waals surface area (Å²) in [6, 6.07) is 7.51. The SMILES string of the molecule is Cc1cc(C)n(CCCNC(=O)c2ccc(C)c(NC(=O)C3CCCN(C)C3)c2)n1. The molecule has 1 aliphatic rings. The van der Waals surface area contributed by atoms with Gasteiger partial charge in [0.25, 0.3) is 5.91 Å². The van der Waals surface area contributed by atoms with E-state index in [1.807, 2.05) is 44.6 Å². The van der Waals surface area contributed by atoms with Crippen molar-refractivity contribution < 1.29 is 9.59 Å². The number of aromatic nitrogens is 2. The van der Waals surface area contributed by atoms with Crippen LogP contribution in [0.3, 0.4) is 0 Å². The van der Waals surface area contributed by atoms with Crippen LogP contribution in [0, 0.1) is 26.7 Å². The van der Waals surface area contributed by atoms with Gasteiger partial charge in [-0.2, -0.15) is 5.10 Å². The first-order valence-electron chi connectivity index (χ1n) is 10.7. The molecular formula is C23H33N5O2. The molecule has 1 aromatic heterocycles. The zero-order valence-corrected chi connectivity index (χ0v) is 18.5. The van der Waals surface area contributed by atoms with Gasteiger partial charge in [-0.1, -0.05) is 6.07 Å². The molecule has 1 aliphatic heterocycles. The number of nitrogens with zero attached hydrogens (tertiary/aromatic N) is 3. The molecule has 0 spiro atoms. The maximum Gasteiger partial charge on any atom is 0.251 e. The quantitative estimate of drug-likeness (QED) is 0.687. The summed E-state index contributed by atoms with van der Waals surface area (Å²) in [7, 11) is 2.05. The van der Waals surface area contributed by atoms with Gasteiger partial charge in [0.05, 0.1) is 11.6 Å². The van der Waals surface area contributed by atoms with Crippen LogP contribution in [-0.4, -0.2) is 53.2 Å². The molecule has 0 bridgehead atoms. The Morgan fingerprint density at radius 2 is 2.00 bits per heavy atom. The average molecular weight is 412 g/mol. The molecule has 3 rings (SSSR count). The Balaban J connectivity index is 1.53. The van der Waals surface area contributed by atoms with Crippen molar-refractivity contribution in [2.45, 2.75) is 46.6 Å². The monoisotopic (exact) mass is 411 g/mol. The van der Waals surface area contributed by atoms with E-state index in [4.69, 9.17) is 0 Å². The van der Waals surface area contributed by atoms with Crippen LogP contribution in [0.5, 0.6) is 0 Å². The maximum absolute atomic E-state index is 12.7. The Morgan fingerprint density at radius 3 is 2.70 bits per heavy atom. The van der Waals surface area contributed by atoms with Crippen molar-refractivity contribution in [3.8, 4) is 0 Å². The van der Waals surface area contributed by atoms with Crippen molar-refractivity contribution >= 4 is 17.5 Å². The largest absolute Gasteiger partial charge is 0.352 e. The fraction of sp³-hybridized carbons (Fsp3) is 0.522. The topological polar surface area (TPSA) is 79.3 Å². The Kier molecular flexibility index (Phi) is 7.26. The van der Waals surface area contributed by atoms with E-state index in [9.17, 15) is 9.59 Å². The van der Waals surface area contributed by atoms with Crippen molar-refractivity contribution in [3.05, 3.63) is 46.8 Å². The first kappa shape index (κ1) is 22.0. The van der Waals surface area contributed by atoms with Crippen LogP contribution in [0.1, 0.15) is 46.6 Å². The second kappa shape index (κ2) is 9.89. The van der Waals surface area contributed by atoms with Gasteiger partial charge >= 0.3 is 0 Å². The van der Waals surface area contributed by atoms with Gasteiger partial charge in [-0.15, -0.1) is 0 Å². The van der Waals surface area contributed by atoms with E-state index in [1.165, 1.54) is 0 Å². The van der Waals surface area contributed by atoms with Gasteiger partial charge in [-0.05, 0) is 77.4 Å². The lowest BCUT2D eigenvalue weighted by molar-refractivity contribution is -0.121. The highest BCUT2D eigenvalue weighted by molar-refractivity contribution is 5.98. The lowest BCUT2D eigenvalue weighted by atomic mass is 9.97. The molecule has 7 heteroatoms. The van der Waals surface area contributed by atoms with Gasteiger partial charge in [0.2, 0.25) is 5.91 Å². The van der Waals surface area contributed by atoms with E-state index in [-0.39, 0.29) is 17.7 Å². The van der Waals surface area contributed by atoms with E-state index < -0.39 is 0 Å². The predicted molar refractivity (Wildman–Crippen MR) is 119 cm³/mol. The molecule has 0 radical (unpaired) electrons. The molecule has 7 nitrogen and oxygen atoms in total. The summed E-state index contributed by atoms with van der Waals surface area (Å²) < 4.78 is 1.96. The number of likely N-dealkylation sites (tertiary alicyclic amines) is 1. The number of anilines is 1. The summed E-state index contributed by atoms with van der Waals surface area (Å²) in [5.74, 6) is -0.0987. The second-order valence-electron chi connectivity index (χ2n) is 8.38. The molecule has 2 heterocycles. The Bertz CT molecular complexity index is 905. The van der Waals surface area contributed by atoms with E-state index in [1.54, 1.807) is 12.1 Å². The number of hydrogen-bond acceptors (Lipinski definition) is 4. The normalized spacial score (nSPS) is 17.0. The van der Waals surface area contributed by atoms with E-state index >= 15 is 0 Å². The van der Waals surface area contributed by atoms with Crippen molar-refractivity contribution in [2.24, 2.45) is 5.92 Å². The number of hydrogen-bond donors (Lipinski definition) is 2. The summed E-state index contributed by atoms with van der Waals surface area (Å²) in [5, 5.41) is 10.4. The van der Waals surface area contributed by atoms with E-state index in [2.05, 4.69) is 20.6 Å². The minimum Gasteiger partial charge on any atom is -0.352 e. The summed E-state index contributed by atoms with van der Waals surface area (Å²) in [4.78, 5) is 27.4. The molecule has 2 aromatic rings. The van der Waals surface area contributed by atoms with Gasteiger partial charge in [-0.3, -0.25) is 14.3 Å². The van der Waals surface area contributed by atoms with Crippen LogP contribution in [0.15, 0.2) is 24.3 Å². The zero-order chi connectivity index (χ0) is 21.7. The van der Waals surface area contributed by atoms with E-state index in [0.29, 0.717) is 17.8 Å². The molecule has 2 amide bonds. The van der Waals surface area contributed by atoms with Crippen LogP contribution >= 0.6 is 0 Å². The van der Waals surface area contributed by atoms with Crippen molar-refractivity contribution in [2.75, 3.05) is 32.0 Å². The summed E-state index contributed by atoms with van der Waals surface area (Å²) in [6.45, 7) is 9.11. The highest BCUT2D eigenvalue weighted by atomic mass is 16.2. The van der Waals surface area contributed by atoms with Crippen molar-refractivity contribution in [1.82, 2.24) is 20.0 Å². The Labute approximate surface area is 178 Å². The highest BCUT2D eigenvalue weighted by Crippen LogP contribution is 2.21. The van der Waals surface area contributed by atoms with Gasteiger partial charge in [-0.25, -0.2) is 0 Å². The molecule has 1 unspecified atom stereocenters. The molecule has 30 heavy (non-hydrogen) atoms. The molecule has 1 saturated heterocycles. The third-order valence-corrected chi connectivity index (χ3v) is 5.69. The van der Waals surface area contributed by atoms with Gasteiger partial charge < -0.3 is 15.5 Å². The Hall–Kier alpha value is -2.67. The zero-order valence-electron chi connectivity index (χ0n) is 18.5. The maximum atomic E-state index is 12.7. The number of nitrogens with one attached hydrogen (secondary N) is 2. The standard InChI is InChI=1S/C23H33N5O2/c1-16-8-9-19(14-21(16)25-23(30)20-7-5-11-27(4)15-20)22(29)24-10-6-12-28-18(3)13-17(2)26-28/h8-9,13-14,20H,5-7,10-12,15H2,1-4H3,(H,24,29)(H,25,30). The first-order chi connectivity index (χ1) is 14.3. The number of aryl methyl sites for hydroxylation is 4. The summed E-state index contributed by atoms with van der Waals surface area (Å²) in [5.41, 5.74) is 4.35. The summed E-state index contributed by atoms with van der Waals surface area (Å²) in [6.07, 6.45) is 2.75. The smallest absolute Gasteiger partial charge is 0.251 e. The lowest BCUT2D eigenvalue weighted by Crippen LogP contribution is -2.38. The van der Waals surface area contributed by atoms with Crippen molar-refractivity contribution in [3.63, 3.8) is 0 Å². The number of piperidine rings is 1. The van der Waals surface area contributed by atoms with E-state index in [0.717, 1.165) is 55.8 Å². The van der Waals surface area contributed by atoms with Gasteiger partial charge in [0.15, 0.2) is 0 Å². The number of benzene rings is 1. The third-order valence-electron chi connectivity index (χ3n) is 5.69. The third kappa shape index (κ3) is 5.69. The number of amides is 2. The number of rotatable bonds is 7. The molecule has 2 N–H and O–H groups in total. The summed E-state index contributed by atoms with van der Waals surface area (Å²) >= 11 is 0. The predicted octanol–water partition coefficient (Wildman–Crippen LogP) is 2.91. The number of carbonyl (C=O) groups is 2. The molecule has 1 aromatic carbocycles. The molecule has 162 valence electrons. The second-order valence-corrected chi connectivity index (χ2v) is 8.38. The van der Waals surface area contributed by atoms with Crippen LogP contribution in [0.2, 0.25) is 0 Å².